The van der Waals surface area contributed by atoms with Gasteiger partial charge in [0, 0.05) is 36.2 Å². The quantitative estimate of drug-likeness (QED) is 0.402. The molecule has 0 radical (unpaired) electrons. The number of carbonyl (C=O) groups is 3. The van der Waals surface area contributed by atoms with E-state index in [4.69, 9.17) is 4.74 Å². The number of anilines is 1. The molecule has 7 nitrogen and oxygen atoms in total. The van der Waals surface area contributed by atoms with Crippen molar-refractivity contribution in [2.75, 3.05) is 18.6 Å². The Morgan fingerprint density at radius 1 is 0.974 bits per heavy atom. The van der Waals surface area contributed by atoms with Crippen LogP contribution in [-0.2, 0) is 14.3 Å². The summed E-state index contributed by atoms with van der Waals surface area (Å²) >= 11 is 0. The summed E-state index contributed by atoms with van der Waals surface area (Å²) in [7, 11) is 1.30. The zero-order chi connectivity index (χ0) is 27.7. The van der Waals surface area contributed by atoms with E-state index in [0.29, 0.717) is 18.2 Å². The molecule has 2 amide bonds. The van der Waals surface area contributed by atoms with Gasteiger partial charge in [-0.15, -0.1) is 13.2 Å². The third-order valence-electron chi connectivity index (χ3n) is 7.92. The van der Waals surface area contributed by atoms with E-state index in [1.165, 1.54) is 19.2 Å². The zero-order valence-corrected chi connectivity index (χ0v) is 21.7. The minimum Gasteiger partial charge on any atom is -0.469 e. The van der Waals surface area contributed by atoms with E-state index in [1.54, 1.807) is 4.90 Å². The normalized spacial score (nSPS) is 22.1. The molecule has 0 aromatic heterocycles. The highest BCUT2D eigenvalue weighted by molar-refractivity contribution is 6.07. The third kappa shape index (κ3) is 5.89. The Labute approximate surface area is 224 Å². The van der Waals surface area contributed by atoms with Gasteiger partial charge in [-0.25, -0.2) is 0 Å². The smallest absolute Gasteiger partial charge is 0.469 e. The Kier molecular flexibility index (Phi) is 7.55. The van der Waals surface area contributed by atoms with Crippen LogP contribution in [0.4, 0.5) is 18.9 Å². The minimum atomic E-state index is -4.82. The van der Waals surface area contributed by atoms with E-state index in [-0.39, 0.29) is 48.2 Å². The average Bonchev–Trinajstić information content (AvgIpc) is 3.61. The van der Waals surface area contributed by atoms with Crippen molar-refractivity contribution in [3.63, 3.8) is 0 Å². The molecular weight excluding hydrogens is 513 g/mol. The van der Waals surface area contributed by atoms with Gasteiger partial charge in [-0.2, -0.15) is 0 Å². The van der Waals surface area contributed by atoms with E-state index >= 15 is 0 Å². The largest absolute Gasteiger partial charge is 0.573 e. The highest BCUT2D eigenvalue weighted by Crippen LogP contribution is 2.51. The molecule has 0 unspecified atom stereocenters. The molecule has 5 rings (SSSR count). The molecule has 2 saturated carbocycles. The van der Waals surface area contributed by atoms with Crippen LogP contribution in [0, 0.1) is 11.8 Å². The maximum atomic E-state index is 13.8. The molecule has 0 saturated heterocycles. The van der Waals surface area contributed by atoms with Gasteiger partial charge < -0.3 is 19.3 Å². The van der Waals surface area contributed by atoms with Gasteiger partial charge in [0.1, 0.15) is 5.75 Å². The van der Waals surface area contributed by atoms with Crippen LogP contribution < -0.4 is 9.64 Å². The van der Waals surface area contributed by atoms with Crippen LogP contribution in [-0.4, -0.2) is 48.7 Å². The molecule has 1 heterocycles. The molecule has 10 heteroatoms. The van der Waals surface area contributed by atoms with Crippen molar-refractivity contribution < 1.29 is 37.0 Å². The predicted octanol–water partition coefficient (Wildman–Crippen LogP) is 5.65. The number of rotatable bonds is 8. The number of ether oxygens (including phenoxy) is 2. The molecule has 0 bridgehead atoms. The van der Waals surface area contributed by atoms with Gasteiger partial charge in [-0.1, -0.05) is 24.6 Å². The first kappa shape index (κ1) is 27.0. The SMILES string of the molecule is COC(=O)CCC(=O)N(CC1CC1)[C@H]1c2ccccc2N(C(=O)c2ccc(OC(F)(F)F)cc2)[C@@H]2CCC[C@@H]21. The highest BCUT2D eigenvalue weighted by atomic mass is 19.4. The highest BCUT2D eigenvalue weighted by Gasteiger charge is 2.49. The van der Waals surface area contributed by atoms with Gasteiger partial charge >= 0.3 is 12.3 Å². The van der Waals surface area contributed by atoms with Gasteiger partial charge in [0.25, 0.3) is 5.91 Å². The summed E-state index contributed by atoms with van der Waals surface area (Å²) in [5, 5.41) is 0. The van der Waals surface area contributed by atoms with Gasteiger partial charge in [0.15, 0.2) is 0 Å². The van der Waals surface area contributed by atoms with Crippen LogP contribution in [0.25, 0.3) is 0 Å². The van der Waals surface area contributed by atoms with Crippen LogP contribution in [0.5, 0.6) is 5.75 Å². The molecule has 208 valence electrons. The summed E-state index contributed by atoms with van der Waals surface area (Å²) in [6, 6.07) is 12.1. The summed E-state index contributed by atoms with van der Waals surface area (Å²) in [6.45, 7) is 0.608. The molecule has 2 aliphatic carbocycles. The Morgan fingerprint density at radius 3 is 2.36 bits per heavy atom. The van der Waals surface area contributed by atoms with Crippen molar-refractivity contribution in [2.24, 2.45) is 11.8 Å². The number of para-hydroxylation sites is 1. The molecule has 3 atom stereocenters. The van der Waals surface area contributed by atoms with Crippen LogP contribution in [0.15, 0.2) is 48.5 Å². The van der Waals surface area contributed by atoms with Crippen LogP contribution in [0.3, 0.4) is 0 Å². The first-order valence-electron chi connectivity index (χ1n) is 13.3. The van der Waals surface area contributed by atoms with Gasteiger partial charge in [0.05, 0.1) is 19.6 Å². The Balaban J connectivity index is 1.47. The first-order valence-corrected chi connectivity index (χ1v) is 13.3. The number of hydrogen-bond acceptors (Lipinski definition) is 5. The molecular formula is C29H31F3N2O5. The first-order chi connectivity index (χ1) is 18.7. The number of carbonyl (C=O) groups excluding carboxylic acids is 3. The van der Waals surface area contributed by atoms with Crippen molar-refractivity contribution >= 4 is 23.5 Å². The predicted molar refractivity (Wildman–Crippen MR) is 136 cm³/mol. The number of fused-ring (bicyclic) bond motifs is 2. The summed E-state index contributed by atoms with van der Waals surface area (Å²) in [5.74, 6) is -0.799. The second kappa shape index (κ2) is 10.9. The number of amides is 2. The van der Waals surface area contributed by atoms with E-state index < -0.39 is 18.1 Å². The summed E-state index contributed by atoms with van der Waals surface area (Å²) in [5.41, 5.74) is 1.83. The number of alkyl halides is 3. The van der Waals surface area contributed by atoms with Crippen LogP contribution in [0.2, 0.25) is 0 Å². The monoisotopic (exact) mass is 544 g/mol. The van der Waals surface area contributed by atoms with Crippen molar-refractivity contribution in [1.29, 1.82) is 0 Å². The number of hydrogen-bond donors (Lipinski definition) is 0. The standard InChI is InChI=1S/C29H31F3N2O5/c1-38-26(36)16-15-25(35)33(17-18-9-10-18)27-21-5-2-3-7-23(21)34(24-8-4-6-22(24)27)28(37)19-11-13-20(14-12-19)39-29(30,31)32/h2-3,5,7,11-14,18,22,24,27H,4,6,8-10,15-17H2,1H3/t22-,24+,27-/m0/s1. The molecule has 3 aliphatic rings. The number of halogens is 3. The lowest BCUT2D eigenvalue weighted by atomic mass is 9.81. The van der Waals surface area contributed by atoms with Crippen LogP contribution in [0.1, 0.15) is 66.9 Å². The van der Waals surface area contributed by atoms with Crippen molar-refractivity contribution in [1.82, 2.24) is 4.90 Å². The van der Waals surface area contributed by atoms with Gasteiger partial charge in [-0.3, -0.25) is 14.4 Å². The van der Waals surface area contributed by atoms with Crippen molar-refractivity contribution in [2.45, 2.75) is 63.4 Å². The van der Waals surface area contributed by atoms with Gasteiger partial charge in [0.2, 0.25) is 5.91 Å². The maximum Gasteiger partial charge on any atom is 0.573 e. The van der Waals surface area contributed by atoms with Crippen molar-refractivity contribution in [3.05, 3.63) is 59.7 Å². The van der Waals surface area contributed by atoms with E-state index in [0.717, 1.165) is 49.8 Å². The average molecular weight is 545 g/mol. The lowest BCUT2D eigenvalue weighted by Gasteiger charge is -2.47. The van der Waals surface area contributed by atoms with E-state index in [1.807, 2.05) is 29.2 Å². The van der Waals surface area contributed by atoms with Crippen molar-refractivity contribution in [3.8, 4) is 5.75 Å². The lowest BCUT2D eigenvalue weighted by molar-refractivity contribution is -0.274. The lowest BCUT2D eigenvalue weighted by Crippen LogP contribution is -2.52. The number of nitrogens with zero attached hydrogens (tertiary/aromatic N) is 2. The van der Waals surface area contributed by atoms with Gasteiger partial charge in [-0.05, 0) is 67.5 Å². The summed E-state index contributed by atoms with van der Waals surface area (Å²) in [6.07, 6.45) is -0.160. The molecule has 2 fully saturated rings. The molecule has 0 spiro atoms. The molecule has 1 aliphatic heterocycles. The maximum absolute atomic E-state index is 13.8. The summed E-state index contributed by atoms with van der Waals surface area (Å²) in [4.78, 5) is 42.8. The summed E-state index contributed by atoms with van der Waals surface area (Å²) < 4.78 is 46.5. The number of esters is 1. The fraction of sp³-hybridized carbons (Fsp3) is 0.483. The molecule has 2 aromatic rings. The Hall–Kier alpha value is -3.56. The Morgan fingerprint density at radius 2 is 1.69 bits per heavy atom. The second-order valence-corrected chi connectivity index (χ2v) is 10.5. The Bertz CT molecular complexity index is 1230. The van der Waals surface area contributed by atoms with E-state index in [2.05, 4.69) is 4.74 Å². The fourth-order valence-corrected chi connectivity index (χ4v) is 6.03. The molecule has 0 N–H and O–H groups in total. The topological polar surface area (TPSA) is 76.2 Å². The van der Waals surface area contributed by atoms with Crippen LogP contribution >= 0.6 is 0 Å². The number of methoxy groups -OCH3 is 1. The molecule has 2 aromatic carbocycles. The zero-order valence-electron chi connectivity index (χ0n) is 21.7. The van der Waals surface area contributed by atoms with E-state index in [9.17, 15) is 27.6 Å². The second-order valence-electron chi connectivity index (χ2n) is 10.5. The minimum absolute atomic E-state index is 0.00230. The fourth-order valence-electron chi connectivity index (χ4n) is 6.03. The molecule has 39 heavy (non-hydrogen) atoms. The third-order valence-corrected chi connectivity index (χ3v) is 7.92. The number of benzene rings is 2.